The summed E-state index contributed by atoms with van der Waals surface area (Å²) in [4.78, 5) is 27.8. The van der Waals surface area contributed by atoms with Gasteiger partial charge in [0.05, 0.1) is 24.8 Å². The molecule has 1 aromatic rings. The van der Waals surface area contributed by atoms with Crippen molar-refractivity contribution < 1.29 is 18.7 Å². The van der Waals surface area contributed by atoms with Crippen LogP contribution >= 0.6 is 0 Å². The van der Waals surface area contributed by atoms with Gasteiger partial charge >= 0.3 is 12.0 Å². The number of hydrogen-bond acceptors (Lipinski definition) is 5. The molecule has 0 spiro atoms. The van der Waals surface area contributed by atoms with Gasteiger partial charge in [-0.15, -0.1) is 0 Å². The highest BCUT2D eigenvalue weighted by atomic mass is 16.5. The maximum Gasteiger partial charge on any atom is 0.317 e. The van der Waals surface area contributed by atoms with Gasteiger partial charge in [-0.25, -0.2) is 4.79 Å². The van der Waals surface area contributed by atoms with Crippen LogP contribution in [0.15, 0.2) is 22.8 Å². The minimum atomic E-state index is -0.150. The summed E-state index contributed by atoms with van der Waals surface area (Å²) in [6.07, 6.45) is 2.94. The molecule has 1 aliphatic heterocycles. The maximum absolute atomic E-state index is 12.3. The van der Waals surface area contributed by atoms with Gasteiger partial charge in [-0.2, -0.15) is 0 Å². The lowest BCUT2D eigenvalue weighted by atomic mass is 9.97. The molecule has 0 bridgehead atoms. The second-order valence-corrected chi connectivity index (χ2v) is 6.19. The first-order valence-electron chi connectivity index (χ1n) is 8.42. The molecule has 1 N–H and O–H groups in total. The zero-order valence-electron chi connectivity index (χ0n) is 14.7. The molecule has 0 saturated carbocycles. The predicted octanol–water partition coefficient (Wildman–Crippen LogP) is 1.87. The van der Waals surface area contributed by atoms with Gasteiger partial charge in [-0.3, -0.25) is 9.69 Å². The molecule has 1 saturated heterocycles. The molecule has 2 rings (SSSR count). The van der Waals surface area contributed by atoms with E-state index in [1.54, 1.807) is 18.1 Å². The number of likely N-dealkylation sites (N-methyl/N-ethyl adjacent to an activating group) is 1. The molecule has 0 aliphatic carbocycles. The quantitative estimate of drug-likeness (QED) is 0.802. The lowest BCUT2D eigenvalue weighted by Crippen LogP contribution is -2.47. The van der Waals surface area contributed by atoms with Crippen molar-refractivity contribution in [1.82, 2.24) is 15.1 Å². The van der Waals surface area contributed by atoms with Crippen molar-refractivity contribution in [2.75, 3.05) is 40.3 Å². The topological polar surface area (TPSA) is 75.0 Å². The van der Waals surface area contributed by atoms with Gasteiger partial charge in [0.15, 0.2) is 0 Å². The number of urea groups is 1. The minimum absolute atomic E-state index is 0.0129. The summed E-state index contributed by atoms with van der Waals surface area (Å²) in [5.41, 5.74) is 0. The van der Waals surface area contributed by atoms with Crippen LogP contribution < -0.4 is 5.32 Å². The number of likely N-dealkylation sites (tertiary alicyclic amines) is 1. The fourth-order valence-electron chi connectivity index (χ4n) is 2.89. The Morgan fingerprint density at radius 1 is 1.42 bits per heavy atom. The monoisotopic (exact) mass is 337 g/mol. The van der Waals surface area contributed by atoms with Crippen LogP contribution in [-0.4, -0.2) is 62.1 Å². The Bertz CT molecular complexity index is 522. The van der Waals surface area contributed by atoms with Gasteiger partial charge in [0.2, 0.25) is 0 Å². The summed E-state index contributed by atoms with van der Waals surface area (Å²) in [7, 11) is 3.90. The standard InChI is InChI=1S/C17H27N3O4/c1-4-23-16(21)13-7-9-20(10-8-13)17(22)18-12-14(19(2)3)15-6-5-11-24-15/h5-6,11,13-14H,4,7-10,12H2,1-3H3,(H,18,22). The number of hydrogen-bond donors (Lipinski definition) is 1. The number of nitrogens with zero attached hydrogens (tertiary/aromatic N) is 2. The Hall–Kier alpha value is -2.02. The van der Waals surface area contributed by atoms with Crippen LogP contribution in [0, 0.1) is 5.92 Å². The Morgan fingerprint density at radius 3 is 2.67 bits per heavy atom. The van der Waals surface area contributed by atoms with Crippen LogP contribution in [-0.2, 0) is 9.53 Å². The molecule has 2 heterocycles. The molecule has 134 valence electrons. The van der Waals surface area contributed by atoms with Gasteiger partial charge in [-0.1, -0.05) is 0 Å². The van der Waals surface area contributed by atoms with Crippen LogP contribution in [0.5, 0.6) is 0 Å². The Morgan fingerprint density at radius 2 is 2.12 bits per heavy atom. The molecular weight excluding hydrogens is 310 g/mol. The molecule has 0 radical (unpaired) electrons. The molecule has 1 aromatic heterocycles. The molecule has 2 amide bonds. The molecule has 24 heavy (non-hydrogen) atoms. The van der Waals surface area contributed by atoms with Crippen LogP contribution in [0.25, 0.3) is 0 Å². The highest BCUT2D eigenvalue weighted by Gasteiger charge is 2.28. The van der Waals surface area contributed by atoms with E-state index in [0.29, 0.717) is 39.1 Å². The number of furan rings is 1. The van der Waals surface area contributed by atoms with Crippen molar-refractivity contribution in [1.29, 1.82) is 0 Å². The molecule has 1 aliphatic rings. The molecule has 0 aromatic carbocycles. The summed E-state index contributed by atoms with van der Waals surface area (Å²) in [5, 5.41) is 2.96. The van der Waals surface area contributed by atoms with Gasteiger partial charge in [0.25, 0.3) is 0 Å². The van der Waals surface area contributed by atoms with Crippen LogP contribution in [0.4, 0.5) is 4.79 Å². The Labute approximate surface area is 142 Å². The van der Waals surface area contributed by atoms with Crippen molar-refractivity contribution in [3.63, 3.8) is 0 Å². The third-order valence-electron chi connectivity index (χ3n) is 4.34. The van der Waals surface area contributed by atoms with E-state index in [1.807, 2.05) is 31.1 Å². The van der Waals surface area contributed by atoms with Crippen molar-refractivity contribution in [3.05, 3.63) is 24.2 Å². The fourth-order valence-corrected chi connectivity index (χ4v) is 2.89. The molecule has 7 heteroatoms. The number of amides is 2. The molecule has 1 fully saturated rings. The summed E-state index contributed by atoms with van der Waals surface area (Å²) in [6, 6.07) is 3.63. The second kappa shape index (κ2) is 8.73. The van der Waals surface area contributed by atoms with Gasteiger partial charge in [-0.05, 0) is 46.0 Å². The van der Waals surface area contributed by atoms with E-state index < -0.39 is 0 Å². The highest BCUT2D eigenvalue weighted by Crippen LogP contribution is 2.20. The average molecular weight is 337 g/mol. The molecule has 1 atom stereocenters. The highest BCUT2D eigenvalue weighted by molar-refractivity contribution is 5.76. The summed E-state index contributed by atoms with van der Waals surface area (Å²) >= 11 is 0. The number of ether oxygens (including phenoxy) is 1. The van der Waals surface area contributed by atoms with Crippen molar-refractivity contribution in [2.24, 2.45) is 5.92 Å². The number of piperidine rings is 1. The first kappa shape index (κ1) is 18.3. The molecular formula is C17H27N3O4. The third-order valence-corrected chi connectivity index (χ3v) is 4.34. The summed E-state index contributed by atoms with van der Waals surface area (Å²) < 4.78 is 10.5. The van der Waals surface area contributed by atoms with E-state index in [1.165, 1.54) is 0 Å². The fraction of sp³-hybridized carbons (Fsp3) is 0.647. The van der Waals surface area contributed by atoms with Gasteiger partial charge < -0.3 is 19.4 Å². The number of carbonyl (C=O) groups excluding carboxylic acids is 2. The zero-order valence-corrected chi connectivity index (χ0v) is 14.7. The summed E-state index contributed by atoms with van der Waals surface area (Å²) in [5.74, 6) is 0.580. The van der Waals surface area contributed by atoms with E-state index in [2.05, 4.69) is 5.32 Å². The number of carbonyl (C=O) groups is 2. The summed E-state index contributed by atoms with van der Waals surface area (Å²) in [6.45, 7) is 3.82. The SMILES string of the molecule is CCOC(=O)C1CCN(C(=O)NCC(c2ccco2)N(C)C)CC1. The lowest BCUT2D eigenvalue weighted by Gasteiger charge is -2.31. The van der Waals surface area contributed by atoms with E-state index in [0.717, 1.165) is 5.76 Å². The minimum Gasteiger partial charge on any atom is -0.468 e. The normalized spacial score (nSPS) is 16.9. The van der Waals surface area contributed by atoms with Crippen molar-refractivity contribution in [2.45, 2.75) is 25.8 Å². The number of nitrogens with one attached hydrogen (secondary N) is 1. The smallest absolute Gasteiger partial charge is 0.317 e. The second-order valence-electron chi connectivity index (χ2n) is 6.19. The maximum atomic E-state index is 12.3. The lowest BCUT2D eigenvalue weighted by molar-refractivity contribution is -0.149. The third kappa shape index (κ3) is 4.74. The van der Waals surface area contributed by atoms with Crippen LogP contribution in [0.1, 0.15) is 31.6 Å². The first-order chi connectivity index (χ1) is 11.5. The van der Waals surface area contributed by atoms with E-state index in [4.69, 9.17) is 9.15 Å². The largest absolute Gasteiger partial charge is 0.468 e. The molecule has 1 unspecified atom stereocenters. The van der Waals surface area contributed by atoms with Crippen LogP contribution in [0.3, 0.4) is 0 Å². The van der Waals surface area contributed by atoms with E-state index in [9.17, 15) is 9.59 Å². The Balaban J connectivity index is 1.80. The number of rotatable bonds is 6. The van der Waals surface area contributed by atoms with Gasteiger partial charge in [0, 0.05) is 19.6 Å². The van der Waals surface area contributed by atoms with Crippen LogP contribution in [0.2, 0.25) is 0 Å². The van der Waals surface area contributed by atoms with E-state index in [-0.39, 0.29) is 24.0 Å². The van der Waals surface area contributed by atoms with Gasteiger partial charge in [0.1, 0.15) is 5.76 Å². The number of esters is 1. The molecule has 7 nitrogen and oxygen atoms in total. The van der Waals surface area contributed by atoms with Crippen molar-refractivity contribution in [3.8, 4) is 0 Å². The van der Waals surface area contributed by atoms with Crippen molar-refractivity contribution >= 4 is 12.0 Å². The van der Waals surface area contributed by atoms with E-state index >= 15 is 0 Å². The first-order valence-corrected chi connectivity index (χ1v) is 8.42. The Kier molecular flexibility index (Phi) is 6.66. The zero-order chi connectivity index (χ0) is 17.5. The predicted molar refractivity (Wildman–Crippen MR) is 89.5 cm³/mol. The average Bonchev–Trinajstić information content (AvgIpc) is 3.09.